The summed E-state index contributed by atoms with van der Waals surface area (Å²) in [5.41, 5.74) is -0.897. The van der Waals surface area contributed by atoms with Crippen LogP contribution in [0.5, 0.6) is 0 Å². The van der Waals surface area contributed by atoms with Crippen molar-refractivity contribution >= 4 is 16.9 Å². The normalized spacial score (nSPS) is 10.5. The Morgan fingerprint density at radius 2 is 2.05 bits per heavy atom. The number of pyridine rings is 1. The van der Waals surface area contributed by atoms with Crippen LogP contribution in [-0.4, -0.2) is 17.1 Å². The predicted octanol–water partition coefficient (Wildman–Crippen LogP) is 2.37. The predicted molar refractivity (Wildman–Crippen MR) is 74.3 cm³/mol. The maximum absolute atomic E-state index is 13.4. The Bertz CT molecular complexity index is 837. The molecular weight excluding hydrogens is 294 g/mol. The van der Waals surface area contributed by atoms with Gasteiger partial charge in [0.05, 0.1) is 24.6 Å². The number of halogens is 2. The lowest BCUT2D eigenvalue weighted by Gasteiger charge is -2.12. The molecule has 0 saturated heterocycles. The average Bonchev–Trinajstić information content (AvgIpc) is 2.49. The highest BCUT2D eigenvalue weighted by molar-refractivity contribution is 5.93. The molecule has 0 N–H and O–H groups in total. The van der Waals surface area contributed by atoms with E-state index in [2.05, 4.69) is 0 Å². The molecule has 0 saturated carbocycles. The summed E-state index contributed by atoms with van der Waals surface area (Å²) in [6, 6.07) is 3.53. The molecule has 7 heteroatoms. The van der Waals surface area contributed by atoms with Gasteiger partial charge < -0.3 is 9.30 Å². The van der Waals surface area contributed by atoms with Crippen LogP contribution in [0.1, 0.15) is 23.7 Å². The van der Waals surface area contributed by atoms with Crippen LogP contribution in [0.25, 0.3) is 10.9 Å². The van der Waals surface area contributed by atoms with Gasteiger partial charge in [-0.1, -0.05) is 0 Å². The third-order valence-electron chi connectivity index (χ3n) is 3.08. The molecule has 0 fully saturated rings. The minimum atomic E-state index is -1.18. The second-order valence-electron chi connectivity index (χ2n) is 4.48. The highest BCUT2D eigenvalue weighted by Gasteiger charge is 2.18. The minimum Gasteiger partial charge on any atom is -0.462 e. The first-order chi connectivity index (χ1) is 10.5. The first-order valence-corrected chi connectivity index (χ1v) is 6.55. The molecule has 0 bridgehead atoms. The van der Waals surface area contributed by atoms with E-state index in [-0.39, 0.29) is 36.0 Å². The molecule has 5 nitrogen and oxygen atoms in total. The summed E-state index contributed by atoms with van der Waals surface area (Å²) >= 11 is 0. The zero-order chi connectivity index (χ0) is 16.3. The number of fused-ring (bicyclic) bond motifs is 1. The van der Waals surface area contributed by atoms with Gasteiger partial charge in [0.1, 0.15) is 5.56 Å². The van der Waals surface area contributed by atoms with Gasteiger partial charge in [0.2, 0.25) is 5.43 Å². The number of aryl methyl sites for hydroxylation is 1. The van der Waals surface area contributed by atoms with Crippen molar-refractivity contribution < 1.29 is 18.3 Å². The first-order valence-electron chi connectivity index (χ1n) is 6.55. The number of nitrogens with zero attached hydrogens (tertiary/aromatic N) is 2. The number of aromatic nitrogens is 1. The lowest BCUT2D eigenvalue weighted by Crippen LogP contribution is -2.21. The van der Waals surface area contributed by atoms with Crippen molar-refractivity contribution in [3.8, 4) is 6.07 Å². The quantitative estimate of drug-likeness (QED) is 0.813. The molecule has 0 aliphatic heterocycles. The van der Waals surface area contributed by atoms with E-state index in [1.165, 1.54) is 10.8 Å². The number of carbonyl (C=O) groups is 1. The lowest BCUT2D eigenvalue weighted by atomic mass is 10.1. The topological polar surface area (TPSA) is 72.1 Å². The van der Waals surface area contributed by atoms with Crippen LogP contribution < -0.4 is 5.43 Å². The van der Waals surface area contributed by atoms with Crippen molar-refractivity contribution in [2.24, 2.45) is 0 Å². The van der Waals surface area contributed by atoms with Gasteiger partial charge in [-0.05, 0) is 13.0 Å². The molecule has 0 unspecified atom stereocenters. The van der Waals surface area contributed by atoms with E-state index in [0.717, 1.165) is 12.1 Å². The van der Waals surface area contributed by atoms with Crippen LogP contribution in [0.4, 0.5) is 8.78 Å². The summed E-state index contributed by atoms with van der Waals surface area (Å²) < 4.78 is 33.0. The van der Waals surface area contributed by atoms with Gasteiger partial charge in [-0.3, -0.25) is 4.79 Å². The fraction of sp³-hybridized carbons (Fsp3) is 0.267. The lowest BCUT2D eigenvalue weighted by molar-refractivity contribution is 0.0524. The van der Waals surface area contributed by atoms with Crippen molar-refractivity contribution in [3.63, 3.8) is 0 Å². The van der Waals surface area contributed by atoms with E-state index in [9.17, 15) is 18.4 Å². The van der Waals surface area contributed by atoms with Crippen molar-refractivity contribution in [2.75, 3.05) is 6.61 Å². The van der Waals surface area contributed by atoms with E-state index in [4.69, 9.17) is 10.00 Å². The standard InChI is InChI=1S/C15H12F2N2O3/c1-2-22-15(21)10-8-19(5-3-4-18)13-7-12(17)11(16)6-9(13)14(10)20/h6-8H,2-3,5H2,1H3. The Morgan fingerprint density at radius 3 is 2.68 bits per heavy atom. The number of carbonyl (C=O) groups excluding carboxylic acids is 1. The zero-order valence-electron chi connectivity index (χ0n) is 11.7. The van der Waals surface area contributed by atoms with E-state index in [1.54, 1.807) is 6.92 Å². The molecule has 114 valence electrons. The molecule has 0 aliphatic rings. The number of ether oxygens (including phenoxy) is 1. The van der Waals surface area contributed by atoms with Gasteiger partial charge in [-0.15, -0.1) is 0 Å². The van der Waals surface area contributed by atoms with Gasteiger partial charge in [0.25, 0.3) is 0 Å². The smallest absolute Gasteiger partial charge is 0.343 e. The highest BCUT2D eigenvalue weighted by Crippen LogP contribution is 2.17. The second kappa shape index (κ2) is 6.35. The number of benzene rings is 1. The maximum Gasteiger partial charge on any atom is 0.343 e. The van der Waals surface area contributed by atoms with Crippen molar-refractivity contribution in [3.05, 3.63) is 45.8 Å². The monoisotopic (exact) mass is 306 g/mol. The number of esters is 1. The van der Waals surface area contributed by atoms with Gasteiger partial charge in [0.15, 0.2) is 11.6 Å². The van der Waals surface area contributed by atoms with Crippen molar-refractivity contribution in [1.82, 2.24) is 4.57 Å². The number of hydrogen-bond acceptors (Lipinski definition) is 4. The Morgan fingerprint density at radius 1 is 1.36 bits per heavy atom. The molecule has 0 amide bonds. The van der Waals surface area contributed by atoms with Crippen LogP contribution in [0, 0.1) is 23.0 Å². The summed E-state index contributed by atoms with van der Waals surface area (Å²) in [6.45, 7) is 1.79. The fourth-order valence-corrected chi connectivity index (χ4v) is 2.09. The number of nitriles is 1. The van der Waals surface area contributed by atoms with E-state index in [0.29, 0.717) is 0 Å². The molecule has 1 aromatic carbocycles. The van der Waals surface area contributed by atoms with E-state index >= 15 is 0 Å². The molecule has 1 aromatic heterocycles. The summed E-state index contributed by atoms with van der Waals surface area (Å²) in [5, 5.41) is 8.53. The van der Waals surface area contributed by atoms with Crippen molar-refractivity contribution in [2.45, 2.75) is 19.9 Å². The molecule has 0 spiro atoms. The Labute approximate surface area is 124 Å². The zero-order valence-corrected chi connectivity index (χ0v) is 11.7. The number of rotatable bonds is 4. The fourth-order valence-electron chi connectivity index (χ4n) is 2.09. The Balaban J connectivity index is 2.76. The van der Waals surface area contributed by atoms with Gasteiger partial charge in [-0.25, -0.2) is 13.6 Å². The summed E-state index contributed by atoms with van der Waals surface area (Å²) in [4.78, 5) is 24.1. The van der Waals surface area contributed by atoms with E-state index < -0.39 is 23.0 Å². The maximum atomic E-state index is 13.4. The van der Waals surface area contributed by atoms with Gasteiger partial charge in [0, 0.05) is 24.2 Å². The van der Waals surface area contributed by atoms with Crippen LogP contribution in [-0.2, 0) is 11.3 Å². The third-order valence-corrected chi connectivity index (χ3v) is 3.08. The average molecular weight is 306 g/mol. The third kappa shape index (κ3) is 2.81. The van der Waals surface area contributed by atoms with Crippen LogP contribution in [0.15, 0.2) is 23.1 Å². The van der Waals surface area contributed by atoms with Crippen LogP contribution in [0.2, 0.25) is 0 Å². The molecule has 22 heavy (non-hydrogen) atoms. The van der Waals surface area contributed by atoms with Crippen LogP contribution in [0.3, 0.4) is 0 Å². The summed E-state index contributed by atoms with van der Waals surface area (Å²) in [7, 11) is 0. The molecule has 2 rings (SSSR count). The summed E-state index contributed by atoms with van der Waals surface area (Å²) in [5.74, 6) is -3.14. The van der Waals surface area contributed by atoms with Gasteiger partial charge in [-0.2, -0.15) is 5.26 Å². The molecule has 0 radical (unpaired) electrons. The van der Waals surface area contributed by atoms with E-state index in [1.807, 2.05) is 6.07 Å². The molecule has 0 aliphatic carbocycles. The minimum absolute atomic E-state index is 0.0757. The Hall–Kier alpha value is -2.75. The van der Waals surface area contributed by atoms with Gasteiger partial charge >= 0.3 is 5.97 Å². The molecule has 2 aromatic rings. The van der Waals surface area contributed by atoms with Crippen molar-refractivity contribution in [1.29, 1.82) is 5.26 Å². The second-order valence-corrected chi connectivity index (χ2v) is 4.48. The van der Waals surface area contributed by atoms with Crippen LogP contribution >= 0.6 is 0 Å². The Kier molecular flexibility index (Phi) is 4.51. The summed E-state index contributed by atoms with van der Waals surface area (Å²) in [6.07, 6.45) is 1.29. The first kappa shape index (κ1) is 15.6. The number of hydrogen-bond donors (Lipinski definition) is 0. The molecular formula is C15H12F2N2O3. The largest absolute Gasteiger partial charge is 0.462 e. The SMILES string of the molecule is CCOC(=O)c1cn(CCC#N)c2cc(F)c(F)cc2c1=O. The molecule has 1 heterocycles. The molecule has 0 atom stereocenters. The highest BCUT2D eigenvalue weighted by atomic mass is 19.2.